The van der Waals surface area contributed by atoms with Gasteiger partial charge in [0.05, 0.1) is 14.2 Å². The lowest BCUT2D eigenvalue weighted by Gasteiger charge is -2.08. The summed E-state index contributed by atoms with van der Waals surface area (Å²) >= 11 is 5.09. The Kier molecular flexibility index (Phi) is 4.29. The van der Waals surface area contributed by atoms with Gasteiger partial charge in [-0.3, -0.25) is 0 Å². The van der Waals surface area contributed by atoms with Gasteiger partial charge in [-0.25, -0.2) is 4.98 Å². The van der Waals surface area contributed by atoms with E-state index in [-0.39, 0.29) is 0 Å². The summed E-state index contributed by atoms with van der Waals surface area (Å²) in [6, 6.07) is 1.88. The molecule has 0 radical (unpaired) electrons. The lowest BCUT2D eigenvalue weighted by Crippen LogP contribution is -1.98. The predicted octanol–water partition coefficient (Wildman–Crippen LogP) is 3.90. The third-order valence-corrected chi connectivity index (χ3v) is 4.11. The zero-order chi connectivity index (χ0) is 13.1. The second-order valence-electron chi connectivity index (χ2n) is 3.72. The van der Waals surface area contributed by atoms with Crippen molar-refractivity contribution >= 4 is 42.6 Å². The SMILES string of the molecule is CCCNc1nc2c(Br)cc(OC)c(OC)c2s1. The minimum absolute atomic E-state index is 0.711. The zero-order valence-corrected chi connectivity index (χ0v) is 12.9. The van der Waals surface area contributed by atoms with E-state index < -0.39 is 0 Å². The molecule has 1 heterocycles. The molecule has 0 aliphatic rings. The quantitative estimate of drug-likeness (QED) is 0.902. The van der Waals surface area contributed by atoms with Crippen molar-refractivity contribution in [2.24, 2.45) is 0 Å². The summed E-state index contributed by atoms with van der Waals surface area (Å²) < 4.78 is 12.6. The number of hydrogen-bond donors (Lipinski definition) is 1. The highest BCUT2D eigenvalue weighted by Gasteiger charge is 2.16. The number of rotatable bonds is 5. The van der Waals surface area contributed by atoms with E-state index in [9.17, 15) is 0 Å². The molecule has 1 aromatic heterocycles. The van der Waals surface area contributed by atoms with Crippen LogP contribution < -0.4 is 14.8 Å². The molecule has 2 aromatic rings. The minimum Gasteiger partial charge on any atom is -0.493 e. The molecular formula is C12H15BrN2O2S. The third kappa shape index (κ3) is 2.40. The molecule has 6 heteroatoms. The molecule has 0 fully saturated rings. The second kappa shape index (κ2) is 5.75. The number of nitrogens with one attached hydrogen (secondary N) is 1. The highest BCUT2D eigenvalue weighted by Crippen LogP contribution is 2.43. The molecule has 18 heavy (non-hydrogen) atoms. The number of ether oxygens (including phenoxy) is 2. The number of nitrogens with zero attached hydrogens (tertiary/aromatic N) is 1. The number of aromatic nitrogens is 1. The van der Waals surface area contributed by atoms with Crippen LogP contribution in [0.5, 0.6) is 11.5 Å². The number of fused-ring (bicyclic) bond motifs is 1. The summed E-state index contributed by atoms with van der Waals surface area (Å²) in [5, 5.41) is 4.19. The van der Waals surface area contributed by atoms with Crippen LogP contribution in [0.1, 0.15) is 13.3 Å². The average Bonchev–Trinajstić information content (AvgIpc) is 2.80. The summed E-state index contributed by atoms with van der Waals surface area (Å²) in [6.45, 7) is 3.04. The first-order valence-corrected chi connectivity index (χ1v) is 7.27. The highest BCUT2D eigenvalue weighted by atomic mass is 79.9. The van der Waals surface area contributed by atoms with Gasteiger partial charge in [0, 0.05) is 17.1 Å². The molecular weight excluding hydrogens is 316 g/mol. The molecule has 2 rings (SSSR count). The van der Waals surface area contributed by atoms with Crippen molar-refractivity contribution in [2.75, 3.05) is 26.1 Å². The van der Waals surface area contributed by atoms with E-state index in [0.717, 1.165) is 38.5 Å². The van der Waals surface area contributed by atoms with Gasteiger partial charge in [-0.1, -0.05) is 18.3 Å². The molecule has 0 saturated carbocycles. The van der Waals surface area contributed by atoms with Gasteiger partial charge < -0.3 is 14.8 Å². The second-order valence-corrected chi connectivity index (χ2v) is 5.57. The van der Waals surface area contributed by atoms with Crippen LogP contribution in [0.2, 0.25) is 0 Å². The molecule has 0 spiro atoms. The molecule has 4 nitrogen and oxygen atoms in total. The first-order chi connectivity index (χ1) is 8.71. The molecule has 0 amide bonds. The van der Waals surface area contributed by atoms with Crippen LogP contribution in [0.25, 0.3) is 10.2 Å². The van der Waals surface area contributed by atoms with E-state index in [4.69, 9.17) is 9.47 Å². The number of thiazole rings is 1. The Morgan fingerprint density at radius 1 is 1.39 bits per heavy atom. The Labute approximate surface area is 118 Å². The summed E-state index contributed by atoms with van der Waals surface area (Å²) in [5.74, 6) is 1.44. The molecule has 0 unspecified atom stereocenters. The van der Waals surface area contributed by atoms with Crippen LogP contribution >= 0.6 is 27.3 Å². The Morgan fingerprint density at radius 3 is 2.78 bits per heavy atom. The number of halogens is 1. The number of anilines is 1. The summed E-state index contributed by atoms with van der Waals surface area (Å²) in [7, 11) is 3.28. The maximum absolute atomic E-state index is 5.42. The van der Waals surface area contributed by atoms with E-state index in [0.29, 0.717) is 5.75 Å². The lowest BCUT2D eigenvalue weighted by molar-refractivity contribution is 0.359. The van der Waals surface area contributed by atoms with Crippen molar-refractivity contribution in [1.82, 2.24) is 4.98 Å². The topological polar surface area (TPSA) is 43.4 Å². The van der Waals surface area contributed by atoms with Crippen molar-refractivity contribution in [2.45, 2.75) is 13.3 Å². The van der Waals surface area contributed by atoms with E-state index in [1.165, 1.54) is 0 Å². The fourth-order valence-corrected chi connectivity index (χ4v) is 3.31. The molecule has 0 saturated heterocycles. The fourth-order valence-electron chi connectivity index (χ4n) is 1.65. The summed E-state index contributed by atoms with van der Waals surface area (Å²) in [6.07, 6.45) is 1.07. The van der Waals surface area contributed by atoms with Crippen LogP contribution in [0.4, 0.5) is 5.13 Å². The van der Waals surface area contributed by atoms with Gasteiger partial charge in [-0.2, -0.15) is 0 Å². The van der Waals surface area contributed by atoms with Crippen LogP contribution in [0, 0.1) is 0 Å². The van der Waals surface area contributed by atoms with Crippen LogP contribution in [-0.4, -0.2) is 25.7 Å². The zero-order valence-electron chi connectivity index (χ0n) is 10.5. The van der Waals surface area contributed by atoms with Crippen molar-refractivity contribution in [1.29, 1.82) is 0 Å². The molecule has 0 atom stereocenters. The standard InChI is InChI=1S/C12H15BrN2O2S/c1-4-5-14-12-15-9-7(13)6-8(16-2)10(17-3)11(9)18-12/h6H,4-5H2,1-3H3,(H,14,15). The largest absolute Gasteiger partial charge is 0.493 e. The average molecular weight is 331 g/mol. The van der Waals surface area contributed by atoms with Gasteiger partial charge in [0.1, 0.15) is 10.2 Å². The van der Waals surface area contributed by atoms with Crippen molar-refractivity contribution in [3.63, 3.8) is 0 Å². The smallest absolute Gasteiger partial charge is 0.183 e. The van der Waals surface area contributed by atoms with E-state index in [1.807, 2.05) is 6.07 Å². The molecule has 0 aliphatic carbocycles. The monoisotopic (exact) mass is 330 g/mol. The van der Waals surface area contributed by atoms with Gasteiger partial charge in [0.25, 0.3) is 0 Å². The fraction of sp³-hybridized carbons (Fsp3) is 0.417. The first-order valence-electron chi connectivity index (χ1n) is 5.66. The van der Waals surface area contributed by atoms with Crippen LogP contribution in [0.15, 0.2) is 10.5 Å². The van der Waals surface area contributed by atoms with Crippen LogP contribution in [0.3, 0.4) is 0 Å². The van der Waals surface area contributed by atoms with E-state index >= 15 is 0 Å². The van der Waals surface area contributed by atoms with Crippen molar-refractivity contribution in [3.05, 3.63) is 10.5 Å². The van der Waals surface area contributed by atoms with Crippen molar-refractivity contribution in [3.8, 4) is 11.5 Å². The predicted molar refractivity (Wildman–Crippen MR) is 79.2 cm³/mol. The normalized spacial score (nSPS) is 10.7. The first kappa shape index (κ1) is 13.4. The maximum atomic E-state index is 5.42. The Bertz CT molecular complexity index is 556. The van der Waals surface area contributed by atoms with E-state index in [1.54, 1.807) is 25.6 Å². The van der Waals surface area contributed by atoms with E-state index in [2.05, 4.69) is 33.2 Å². The maximum Gasteiger partial charge on any atom is 0.183 e. The van der Waals surface area contributed by atoms with Crippen molar-refractivity contribution < 1.29 is 9.47 Å². The summed E-state index contributed by atoms with van der Waals surface area (Å²) in [5.41, 5.74) is 0.899. The highest BCUT2D eigenvalue weighted by molar-refractivity contribution is 9.10. The molecule has 0 aliphatic heterocycles. The lowest BCUT2D eigenvalue weighted by atomic mass is 10.3. The Hall–Kier alpha value is -1.01. The van der Waals surface area contributed by atoms with Gasteiger partial charge in [0.2, 0.25) is 0 Å². The Balaban J connectivity index is 2.55. The van der Waals surface area contributed by atoms with Gasteiger partial charge in [-0.05, 0) is 22.4 Å². The number of hydrogen-bond acceptors (Lipinski definition) is 5. The molecule has 98 valence electrons. The summed E-state index contributed by atoms with van der Waals surface area (Å²) in [4.78, 5) is 4.56. The van der Waals surface area contributed by atoms with Gasteiger partial charge >= 0.3 is 0 Å². The number of benzene rings is 1. The molecule has 0 bridgehead atoms. The minimum atomic E-state index is 0.711. The Morgan fingerprint density at radius 2 is 2.17 bits per heavy atom. The van der Waals surface area contributed by atoms with Gasteiger partial charge in [-0.15, -0.1) is 0 Å². The number of methoxy groups -OCH3 is 2. The third-order valence-electron chi connectivity index (χ3n) is 2.49. The molecule has 1 aromatic carbocycles. The molecule has 1 N–H and O–H groups in total. The van der Waals surface area contributed by atoms with Crippen LogP contribution in [-0.2, 0) is 0 Å². The van der Waals surface area contributed by atoms with Gasteiger partial charge in [0.15, 0.2) is 16.6 Å².